The van der Waals surface area contributed by atoms with Crippen LogP contribution >= 0.6 is 0 Å². The van der Waals surface area contributed by atoms with Gasteiger partial charge in [-0.05, 0) is 114 Å². The summed E-state index contributed by atoms with van der Waals surface area (Å²) in [5.41, 5.74) is 17.9. The minimum Gasteiger partial charge on any atom is -0.338 e. The molecule has 8 rings (SSSR count). The van der Waals surface area contributed by atoms with Crippen molar-refractivity contribution in [1.82, 2.24) is 0 Å². The molecule has 51 heavy (non-hydrogen) atoms. The normalized spacial score (nSPS) is 16.7. The van der Waals surface area contributed by atoms with Gasteiger partial charge in [0.15, 0.2) is 0 Å². The smallest absolute Gasteiger partial charge is 0.0450 e. The Morgan fingerprint density at radius 1 is 0.549 bits per heavy atom. The molecule has 2 atom stereocenters. The first-order valence-corrected chi connectivity index (χ1v) is 18.4. The zero-order valence-electron chi connectivity index (χ0n) is 29.9. The first-order valence-electron chi connectivity index (χ1n) is 18.4. The molecule has 1 nitrogen and oxygen atoms in total. The maximum absolute atomic E-state index is 2.62. The van der Waals surface area contributed by atoms with Crippen LogP contribution in [0.15, 0.2) is 158 Å². The predicted octanol–water partition coefficient (Wildman–Crippen LogP) is 13.1. The number of allylic oxidation sites excluding steroid dienone is 2. The van der Waals surface area contributed by atoms with Gasteiger partial charge in [0.2, 0.25) is 0 Å². The Bertz CT molecular complexity index is 2170. The van der Waals surface area contributed by atoms with Gasteiger partial charge in [0.05, 0.1) is 0 Å². The maximum Gasteiger partial charge on any atom is 0.0450 e. The fourth-order valence-corrected chi connectivity index (χ4v) is 7.98. The molecule has 1 aliphatic heterocycles. The van der Waals surface area contributed by atoms with Gasteiger partial charge in [-0.25, -0.2) is 0 Å². The van der Waals surface area contributed by atoms with Crippen LogP contribution in [0.4, 0.5) is 11.4 Å². The van der Waals surface area contributed by atoms with Crippen molar-refractivity contribution in [3.63, 3.8) is 0 Å². The van der Waals surface area contributed by atoms with Crippen LogP contribution in [0.25, 0.3) is 23.3 Å². The second kappa shape index (κ2) is 14.3. The molecule has 2 aliphatic rings. The summed E-state index contributed by atoms with van der Waals surface area (Å²) >= 11 is 0. The van der Waals surface area contributed by atoms with Gasteiger partial charge in [0.25, 0.3) is 0 Å². The summed E-state index contributed by atoms with van der Waals surface area (Å²) in [5.74, 6) is 0.574. The topological polar surface area (TPSA) is 3.24 Å². The Kier molecular flexibility index (Phi) is 9.12. The molecule has 1 heteroatoms. The standard InChI is InChI=1S/C50H45N/c1-35-15-24-41(25-16-35)45(42-26-17-36(2)18-27-42)12-7-9-38-23-32-50-48(34-38)46-13-8-14-49(46)51(50)44-30-21-39(22-31-44)33-47(40-10-5-4-6-11-40)43-28-19-37(3)20-29-43/h4-7,9-12,15-34,46,49H,8,13-14H2,1-3H3. The minimum atomic E-state index is 0.516. The van der Waals surface area contributed by atoms with Gasteiger partial charge in [0.1, 0.15) is 0 Å². The highest BCUT2D eigenvalue weighted by Gasteiger charge is 2.42. The van der Waals surface area contributed by atoms with Gasteiger partial charge >= 0.3 is 0 Å². The third kappa shape index (κ3) is 6.90. The van der Waals surface area contributed by atoms with Gasteiger partial charge in [-0.3, -0.25) is 0 Å². The van der Waals surface area contributed by atoms with Crippen molar-refractivity contribution in [2.24, 2.45) is 0 Å². The summed E-state index contributed by atoms with van der Waals surface area (Å²) in [4.78, 5) is 2.62. The molecule has 0 bridgehead atoms. The highest BCUT2D eigenvalue weighted by atomic mass is 15.2. The molecule has 2 unspecified atom stereocenters. The fourth-order valence-electron chi connectivity index (χ4n) is 7.98. The summed E-state index contributed by atoms with van der Waals surface area (Å²) in [5, 5.41) is 0. The first kappa shape index (κ1) is 32.5. The van der Waals surface area contributed by atoms with Crippen LogP contribution in [-0.2, 0) is 0 Å². The molecular weight excluding hydrogens is 615 g/mol. The van der Waals surface area contributed by atoms with E-state index >= 15 is 0 Å². The van der Waals surface area contributed by atoms with Crippen molar-refractivity contribution >= 4 is 34.7 Å². The lowest BCUT2D eigenvalue weighted by Crippen LogP contribution is -2.26. The summed E-state index contributed by atoms with van der Waals surface area (Å²) in [7, 11) is 0. The molecule has 0 aromatic heterocycles. The summed E-state index contributed by atoms with van der Waals surface area (Å²) < 4.78 is 0. The van der Waals surface area contributed by atoms with Crippen LogP contribution in [-0.4, -0.2) is 6.04 Å². The lowest BCUT2D eigenvalue weighted by molar-refractivity contribution is 0.642. The number of anilines is 2. The number of nitrogens with zero attached hydrogens (tertiary/aromatic N) is 1. The molecule has 0 radical (unpaired) electrons. The highest BCUT2D eigenvalue weighted by Crippen LogP contribution is 2.52. The quantitative estimate of drug-likeness (QED) is 0.116. The molecule has 6 aromatic carbocycles. The number of benzene rings is 6. The first-order chi connectivity index (χ1) is 25.0. The molecule has 0 spiro atoms. The van der Waals surface area contributed by atoms with Gasteiger partial charge < -0.3 is 4.90 Å². The second-order valence-electron chi connectivity index (χ2n) is 14.3. The largest absolute Gasteiger partial charge is 0.338 e. The van der Waals surface area contributed by atoms with Crippen LogP contribution in [0.1, 0.15) is 80.8 Å². The van der Waals surface area contributed by atoms with E-state index in [2.05, 4.69) is 196 Å². The molecule has 250 valence electrons. The molecule has 0 saturated heterocycles. The van der Waals surface area contributed by atoms with E-state index in [0.717, 1.165) is 0 Å². The number of hydrogen-bond donors (Lipinski definition) is 0. The molecule has 0 N–H and O–H groups in total. The number of hydrogen-bond acceptors (Lipinski definition) is 1. The van der Waals surface area contributed by atoms with E-state index in [1.165, 1.54) is 97.4 Å². The number of rotatable bonds is 8. The third-order valence-corrected chi connectivity index (χ3v) is 10.7. The van der Waals surface area contributed by atoms with Gasteiger partial charge in [-0.2, -0.15) is 0 Å². The van der Waals surface area contributed by atoms with Crippen molar-refractivity contribution in [3.8, 4) is 0 Å². The van der Waals surface area contributed by atoms with Crippen molar-refractivity contribution in [3.05, 3.63) is 213 Å². The monoisotopic (exact) mass is 659 g/mol. The summed E-state index contributed by atoms with van der Waals surface area (Å²) in [6.45, 7) is 6.43. The molecule has 1 fully saturated rings. The van der Waals surface area contributed by atoms with Crippen LogP contribution in [0, 0.1) is 20.8 Å². The Hall–Kier alpha value is -5.66. The molecule has 1 heterocycles. The lowest BCUT2D eigenvalue weighted by Gasteiger charge is -2.27. The SMILES string of the molecule is Cc1ccc(C(=Cc2ccc(N3c4ccc(C=CC=C(c5ccc(C)cc5)c5ccc(C)cc5)cc4C4CCCC43)cc2)c2ccccc2)cc1. The van der Waals surface area contributed by atoms with Crippen LogP contribution < -0.4 is 4.90 Å². The van der Waals surface area contributed by atoms with E-state index in [0.29, 0.717) is 12.0 Å². The van der Waals surface area contributed by atoms with E-state index in [4.69, 9.17) is 0 Å². The Morgan fingerprint density at radius 3 is 1.71 bits per heavy atom. The number of fused-ring (bicyclic) bond motifs is 3. The van der Waals surface area contributed by atoms with E-state index in [-0.39, 0.29) is 0 Å². The zero-order valence-corrected chi connectivity index (χ0v) is 29.9. The van der Waals surface area contributed by atoms with Crippen molar-refractivity contribution in [2.45, 2.75) is 52.0 Å². The zero-order chi connectivity index (χ0) is 34.7. The highest BCUT2D eigenvalue weighted by molar-refractivity contribution is 5.92. The minimum absolute atomic E-state index is 0.516. The third-order valence-electron chi connectivity index (χ3n) is 10.7. The van der Waals surface area contributed by atoms with E-state index in [1.54, 1.807) is 0 Å². The molecule has 0 amide bonds. The average Bonchev–Trinajstić information content (AvgIpc) is 3.76. The van der Waals surface area contributed by atoms with Crippen molar-refractivity contribution in [1.29, 1.82) is 0 Å². The lowest BCUT2D eigenvalue weighted by atomic mass is 9.95. The molecule has 1 aliphatic carbocycles. The van der Waals surface area contributed by atoms with Gasteiger partial charge in [-0.15, -0.1) is 0 Å². The van der Waals surface area contributed by atoms with E-state index < -0.39 is 0 Å². The van der Waals surface area contributed by atoms with Crippen LogP contribution in [0.3, 0.4) is 0 Å². The molecular formula is C50H45N. The number of aryl methyl sites for hydroxylation is 3. The van der Waals surface area contributed by atoms with E-state index in [1.807, 2.05) is 0 Å². The fraction of sp³-hybridized carbons (Fsp3) is 0.160. The second-order valence-corrected chi connectivity index (χ2v) is 14.3. The Labute approximate surface area is 304 Å². The maximum atomic E-state index is 2.62. The van der Waals surface area contributed by atoms with Crippen molar-refractivity contribution < 1.29 is 0 Å². The van der Waals surface area contributed by atoms with Crippen molar-refractivity contribution in [2.75, 3.05) is 4.90 Å². The van der Waals surface area contributed by atoms with Crippen LogP contribution in [0.2, 0.25) is 0 Å². The average molecular weight is 660 g/mol. The van der Waals surface area contributed by atoms with Gasteiger partial charge in [-0.1, -0.05) is 163 Å². The van der Waals surface area contributed by atoms with Crippen LogP contribution in [0.5, 0.6) is 0 Å². The summed E-state index contributed by atoms with van der Waals surface area (Å²) in [6.07, 6.45) is 12.9. The summed E-state index contributed by atoms with van der Waals surface area (Å²) in [6, 6.07) is 54.1. The Balaban J connectivity index is 1.08. The molecule has 6 aromatic rings. The van der Waals surface area contributed by atoms with Gasteiger partial charge in [0, 0.05) is 23.3 Å². The predicted molar refractivity (Wildman–Crippen MR) is 218 cm³/mol. The molecule has 1 saturated carbocycles. The van der Waals surface area contributed by atoms with E-state index in [9.17, 15) is 0 Å². The Morgan fingerprint density at radius 2 is 1.10 bits per heavy atom.